The van der Waals surface area contributed by atoms with Gasteiger partial charge in [-0.1, -0.05) is 6.07 Å². The molecule has 0 saturated carbocycles. The summed E-state index contributed by atoms with van der Waals surface area (Å²) in [7, 11) is -3.96. The highest BCUT2D eigenvalue weighted by molar-refractivity contribution is 7.89. The van der Waals surface area contributed by atoms with Gasteiger partial charge in [0.05, 0.1) is 12.0 Å². The zero-order valence-electron chi connectivity index (χ0n) is 9.93. The van der Waals surface area contributed by atoms with Gasteiger partial charge in [-0.25, -0.2) is 22.5 Å². The number of hydrogen-bond acceptors (Lipinski definition) is 4. The molecular formula is C11H13FN4O2S. The van der Waals surface area contributed by atoms with Crippen molar-refractivity contribution in [2.24, 2.45) is 0 Å². The molecule has 0 radical (unpaired) electrons. The van der Waals surface area contributed by atoms with Crippen LogP contribution in [0.5, 0.6) is 0 Å². The van der Waals surface area contributed by atoms with Crippen LogP contribution in [-0.4, -0.2) is 24.9 Å². The summed E-state index contributed by atoms with van der Waals surface area (Å²) in [6, 6.07) is 3.75. The van der Waals surface area contributed by atoms with Crippen molar-refractivity contribution in [3.8, 4) is 0 Å². The summed E-state index contributed by atoms with van der Waals surface area (Å²) >= 11 is 0. The number of nitrogens with one attached hydrogen (secondary N) is 2. The molecule has 0 spiro atoms. The van der Waals surface area contributed by atoms with E-state index in [-0.39, 0.29) is 12.2 Å². The lowest BCUT2D eigenvalue weighted by Gasteiger charge is -2.09. The molecule has 0 aliphatic heterocycles. The van der Waals surface area contributed by atoms with Crippen LogP contribution in [0.25, 0.3) is 0 Å². The summed E-state index contributed by atoms with van der Waals surface area (Å²) < 4.78 is 39.7. The number of rotatable bonds is 5. The van der Waals surface area contributed by atoms with Gasteiger partial charge in [0, 0.05) is 24.9 Å². The van der Waals surface area contributed by atoms with Crippen LogP contribution < -0.4 is 10.5 Å². The van der Waals surface area contributed by atoms with Crippen molar-refractivity contribution < 1.29 is 12.8 Å². The molecule has 0 bridgehead atoms. The van der Waals surface area contributed by atoms with Gasteiger partial charge in [-0.2, -0.15) is 0 Å². The van der Waals surface area contributed by atoms with Crippen molar-refractivity contribution in [1.29, 1.82) is 0 Å². The number of aromatic amines is 1. The molecule has 1 aromatic heterocycles. The lowest BCUT2D eigenvalue weighted by molar-refractivity contribution is 0.558. The summed E-state index contributed by atoms with van der Waals surface area (Å²) in [5, 5.41) is 0. The van der Waals surface area contributed by atoms with E-state index in [1.54, 1.807) is 6.20 Å². The molecule has 0 aliphatic carbocycles. The molecule has 0 amide bonds. The Kier molecular flexibility index (Phi) is 3.82. The summed E-state index contributed by atoms with van der Waals surface area (Å²) in [6.07, 6.45) is 3.51. The Hall–Kier alpha value is -1.93. The lowest BCUT2D eigenvalue weighted by atomic mass is 10.3. The molecule has 0 fully saturated rings. The maximum absolute atomic E-state index is 13.5. The number of H-pyrrole nitrogens is 1. The van der Waals surface area contributed by atoms with Crippen LogP contribution in [0.15, 0.2) is 35.6 Å². The third kappa shape index (κ3) is 3.09. The first-order chi connectivity index (χ1) is 9.00. The zero-order chi connectivity index (χ0) is 13.9. The molecule has 4 N–H and O–H groups in total. The number of halogens is 1. The summed E-state index contributed by atoms with van der Waals surface area (Å²) in [5.74, 6) is -0.867. The van der Waals surface area contributed by atoms with E-state index in [1.807, 2.05) is 0 Å². The molecule has 0 saturated heterocycles. The predicted molar refractivity (Wildman–Crippen MR) is 68.3 cm³/mol. The van der Waals surface area contributed by atoms with Gasteiger partial charge in [0.15, 0.2) is 0 Å². The quantitative estimate of drug-likeness (QED) is 0.702. The van der Waals surface area contributed by atoms with Crippen LogP contribution in [0.2, 0.25) is 0 Å². The average molecular weight is 284 g/mol. The highest BCUT2D eigenvalue weighted by atomic mass is 32.2. The van der Waals surface area contributed by atoms with Gasteiger partial charge >= 0.3 is 0 Å². The second-order valence-electron chi connectivity index (χ2n) is 3.88. The Labute approximate surface area is 109 Å². The minimum Gasteiger partial charge on any atom is -0.398 e. The topological polar surface area (TPSA) is 101 Å². The van der Waals surface area contributed by atoms with Gasteiger partial charge in [-0.3, -0.25) is 0 Å². The fourth-order valence-electron chi connectivity index (χ4n) is 1.62. The Morgan fingerprint density at radius 2 is 2.21 bits per heavy atom. The van der Waals surface area contributed by atoms with E-state index in [0.29, 0.717) is 6.42 Å². The number of benzene rings is 1. The van der Waals surface area contributed by atoms with E-state index in [0.717, 1.165) is 11.8 Å². The van der Waals surface area contributed by atoms with Crippen LogP contribution in [0, 0.1) is 5.82 Å². The number of nitrogen functional groups attached to an aromatic ring is 1. The van der Waals surface area contributed by atoms with E-state index in [1.165, 1.54) is 18.5 Å². The van der Waals surface area contributed by atoms with Crippen molar-refractivity contribution in [3.63, 3.8) is 0 Å². The number of imidazole rings is 1. The SMILES string of the molecule is Nc1cccc(F)c1S(=O)(=O)NCCc1cnc[nH]1. The highest BCUT2D eigenvalue weighted by Gasteiger charge is 2.21. The zero-order valence-corrected chi connectivity index (χ0v) is 10.7. The van der Waals surface area contributed by atoms with Gasteiger partial charge in [0.2, 0.25) is 10.0 Å². The third-order valence-electron chi connectivity index (χ3n) is 2.51. The second-order valence-corrected chi connectivity index (χ2v) is 5.59. The minimum absolute atomic E-state index is 0.117. The molecule has 0 unspecified atom stereocenters. The number of sulfonamides is 1. The van der Waals surface area contributed by atoms with Crippen molar-refractivity contribution in [2.45, 2.75) is 11.3 Å². The number of aromatic nitrogens is 2. The lowest BCUT2D eigenvalue weighted by Crippen LogP contribution is -2.27. The maximum atomic E-state index is 13.5. The van der Waals surface area contributed by atoms with Crippen molar-refractivity contribution in [1.82, 2.24) is 14.7 Å². The Balaban J connectivity index is 2.10. The first-order valence-corrected chi connectivity index (χ1v) is 7.00. The average Bonchev–Trinajstić information content (AvgIpc) is 2.81. The number of anilines is 1. The van der Waals surface area contributed by atoms with Gasteiger partial charge < -0.3 is 10.7 Å². The van der Waals surface area contributed by atoms with Crippen LogP contribution in [0.1, 0.15) is 5.69 Å². The molecule has 1 aromatic carbocycles. The van der Waals surface area contributed by atoms with Crippen molar-refractivity contribution >= 4 is 15.7 Å². The summed E-state index contributed by atoms with van der Waals surface area (Å²) in [6.45, 7) is 0.123. The van der Waals surface area contributed by atoms with Crippen molar-refractivity contribution in [2.75, 3.05) is 12.3 Å². The van der Waals surface area contributed by atoms with E-state index >= 15 is 0 Å². The fourth-order valence-corrected chi connectivity index (χ4v) is 2.84. The Bertz CT molecular complexity index is 635. The highest BCUT2D eigenvalue weighted by Crippen LogP contribution is 2.21. The summed E-state index contributed by atoms with van der Waals surface area (Å²) in [5.41, 5.74) is 6.16. The van der Waals surface area contributed by atoms with Crippen molar-refractivity contribution in [3.05, 3.63) is 42.2 Å². The monoisotopic (exact) mass is 284 g/mol. The number of nitrogens with two attached hydrogens (primary N) is 1. The van der Waals surface area contributed by atoms with Crippen LogP contribution in [-0.2, 0) is 16.4 Å². The second kappa shape index (κ2) is 5.37. The molecule has 0 atom stereocenters. The standard InChI is InChI=1S/C11H13FN4O2S/c12-9-2-1-3-10(13)11(9)19(17,18)16-5-4-8-6-14-7-15-8/h1-3,6-7,16H,4-5,13H2,(H,14,15). The molecule has 0 aliphatic rings. The Morgan fingerprint density at radius 3 is 2.84 bits per heavy atom. The normalized spacial score (nSPS) is 11.6. The molecular weight excluding hydrogens is 271 g/mol. The van der Waals surface area contributed by atoms with Gasteiger partial charge in [-0.15, -0.1) is 0 Å². The first kappa shape index (κ1) is 13.5. The Morgan fingerprint density at radius 1 is 1.42 bits per heavy atom. The maximum Gasteiger partial charge on any atom is 0.245 e. The van der Waals surface area contributed by atoms with E-state index in [9.17, 15) is 12.8 Å². The third-order valence-corrected chi connectivity index (χ3v) is 4.06. The largest absolute Gasteiger partial charge is 0.398 e. The molecule has 102 valence electrons. The van der Waals surface area contributed by atoms with Crippen LogP contribution in [0.3, 0.4) is 0 Å². The molecule has 8 heteroatoms. The predicted octanol–water partition coefficient (Wildman–Crippen LogP) is 0.652. The van der Waals surface area contributed by atoms with Gasteiger partial charge in [0.1, 0.15) is 10.7 Å². The molecule has 6 nitrogen and oxygen atoms in total. The summed E-state index contributed by atoms with van der Waals surface area (Å²) in [4.78, 5) is 6.14. The van der Waals surface area contributed by atoms with E-state index in [2.05, 4.69) is 14.7 Å². The van der Waals surface area contributed by atoms with E-state index in [4.69, 9.17) is 5.73 Å². The molecule has 1 heterocycles. The number of nitrogens with zero attached hydrogens (tertiary/aromatic N) is 1. The minimum atomic E-state index is -3.96. The van der Waals surface area contributed by atoms with Crippen LogP contribution >= 0.6 is 0 Å². The van der Waals surface area contributed by atoms with Crippen LogP contribution in [0.4, 0.5) is 10.1 Å². The molecule has 19 heavy (non-hydrogen) atoms. The van der Waals surface area contributed by atoms with Gasteiger partial charge in [-0.05, 0) is 12.1 Å². The van der Waals surface area contributed by atoms with E-state index < -0.39 is 20.7 Å². The smallest absolute Gasteiger partial charge is 0.245 e. The fraction of sp³-hybridized carbons (Fsp3) is 0.182. The van der Waals surface area contributed by atoms with Gasteiger partial charge in [0.25, 0.3) is 0 Å². The molecule has 2 aromatic rings. The molecule has 2 rings (SSSR count). The first-order valence-electron chi connectivity index (χ1n) is 5.51. The number of hydrogen-bond donors (Lipinski definition) is 3.